The van der Waals surface area contributed by atoms with E-state index in [0.717, 1.165) is 21.9 Å². The molecule has 26 heavy (non-hydrogen) atoms. The van der Waals surface area contributed by atoms with Crippen molar-refractivity contribution in [2.75, 3.05) is 0 Å². The van der Waals surface area contributed by atoms with Crippen LogP contribution < -0.4 is 0 Å². The average Bonchev–Trinajstić information content (AvgIpc) is 2.66. The second kappa shape index (κ2) is 7.96. The monoisotopic (exact) mass is 346 g/mol. The van der Waals surface area contributed by atoms with Crippen molar-refractivity contribution in [3.63, 3.8) is 0 Å². The van der Waals surface area contributed by atoms with Crippen LogP contribution in [0.1, 0.15) is 30.9 Å². The third-order valence-corrected chi connectivity index (χ3v) is 4.72. The molecule has 0 amide bonds. The summed E-state index contributed by atoms with van der Waals surface area (Å²) in [4.78, 5) is 24.8. The second-order valence-electron chi connectivity index (χ2n) is 6.58. The fourth-order valence-electron chi connectivity index (χ4n) is 3.22. The quantitative estimate of drug-likeness (QED) is 0.471. The van der Waals surface area contributed by atoms with Gasteiger partial charge in [0.05, 0.1) is 0 Å². The third-order valence-electron chi connectivity index (χ3n) is 4.72. The van der Waals surface area contributed by atoms with Crippen LogP contribution >= 0.6 is 0 Å². The number of carbonyl (C=O) groups is 2. The van der Waals surface area contributed by atoms with Gasteiger partial charge in [-0.2, -0.15) is 0 Å². The Morgan fingerprint density at radius 3 is 2.23 bits per heavy atom. The smallest absolute Gasteiger partial charge is 0.317 e. The van der Waals surface area contributed by atoms with Crippen molar-refractivity contribution in [2.45, 2.75) is 26.4 Å². The van der Waals surface area contributed by atoms with Crippen molar-refractivity contribution in [1.82, 2.24) is 0 Å². The summed E-state index contributed by atoms with van der Waals surface area (Å²) in [5.74, 6) is -1.70. The van der Waals surface area contributed by atoms with Gasteiger partial charge in [0.2, 0.25) is 0 Å². The first-order valence-corrected chi connectivity index (χ1v) is 8.76. The highest BCUT2D eigenvalue weighted by Crippen LogP contribution is 2.29. The summed E-state index contributed by atoms with van der Waals surface area (Å²) in [6.45, 7) is 3.53. The van der Waals surface area contributed by atoms with Gasteiger partial charge in [0.1, 0.15) is 18.3 Å². The Morgan fingerprint density at radius 2 is 1.54 bits per heavy atom. The van der Waals surface area contributed by atoms with Crippen molar-refractivity contribution in [3.8, 4) is 0 Å². The maximum absolute atomic E-state index is 12.6. The molecule has 0 aromatic heterocycles. The molecule has 0 fully saturated rings. The molecule has 0 saturated carbocycles. The van der Waals surface area contributed by atoms with E-state index in [0.29, 0.717) is 0 Å². The molecule has 3 heteroatoms. The number of hydrogen-bond acceptors (Lipinski definition) is 3. The van der Waals surface area contributed by atoms with Crippen molar-refractivity contribution >= 4 is 22.5 Å². The summed E-state index contributed by atoms with van der Waals surface area (Å²) in [5, 5.41) is 2.23. The fourth-order valence-corrected chi connectivity index (χ4v) is 3.22. The lowest BCUT2D eigenvalue weighted by Crippen LogP contribution is -2.29. The Bertz CT molecular complexity index is 915. The zero-order chi connectivity index (χ0) is 18.5. The van der Waals surface area contributed by atoms with Gasteiger partial charge in [0, 0.05) is 5.92 Å². The van der Waals surface area contributed by atoms with E-state index in [9.17, 15) is 9.59 Å². The van der Waals surface area contributed by atoms with Gasteiger partial charge >= 0.3 is 5.97 Å². The summed E-state index contributed by atoms with van der Waals surface area (Å²) in [5.41, 5.74) is 1.86. The number of Topliss-reactive ketones (excluding diaryl/α,β-unsaturated/α-hetero) is 1. The van der Waals surface area contributed by atoms with E-state index < -0.39 is 11.9 Å². The lowest BCUT2D eigenvalue weighted by molar-refractivity contribution is -0.153. The molecule has 132 valence electrons. The standard InChI is InChI=1S/C23H22O3/c1-16(20-13-12-19-10-6-7-11-21(19)14-20)22(17(2)24)23(25)26-15-18-8-4-3-5-9-18/h3-14,16,22H,15H2,1-2H3. The van der Waals surface area contributed by atoms with Crippen LogP contribution in [0, 0.1) is 5.92 Å². The molecule has 2 atom stereocenters. The molecule has 0 saturated heterocycles. The summed E-state index contributed by atoms with van der Waals surface area (Å²) >= 11 is 0. The molecule has 0 bridgehead atoms. The first kappa shape index (κ1) is 17.9. The normalized spacial score (nSPS) is 13.2. The number of hydrogen-bond donors (Lipinski definition) is 0. The first-order valence-electron chi connectivity index (χ1n) is 8.76. The van der Waals surface area contributed by atoms with Crippen LogP contribution in [-0.4, -0.2) is 11.8 Å². The molecule has 0 N–H and O–H groups in total. The molecule has 0 aliphatic heterocycles. The predicted molar refractivity (Wildman–Crippen MR) is 103 cm³/mol. The van der Waals surface area contributed by atoms with E-state index >= 15 is 0 Å². The molecule has 0 radical (unpaired) electrons. The molecular weight excluding hydrogens is 324 g/mol. The van der Waals surface area contributed by atoms with Crippen LogP contribution in [0.5, 0.6) is 0 Å². The molecule has 3 aromatic rings. The molecule has 3 nitrogen and oxygen atoms in total. The molecule has 0 aliphatic rings. The van der Waals surface area contributed by atoms with E-state index in [4.69, 9.17) is 4.74 Å². The Morgan fingerprint density at radius 1 is 0.885 bits per heavy atom. The highest BCUT2D eigenvalue weighted by molar-refractivity contribution is 5.99. The number of benzene rings is 3. The highest BCUT2D eigenvalue weighted by atomic mass is 16.5. The van der Waals surface area contributed by atoms with Crippen LogP contribution in [-0.2, 0) is 20.9 Å². The van der Waals surface area contributed by atoms with Gasteiger partial charge in [0.25, 0.3) is 0 Å². The average molecular weight is 346 g/mol. The predicted octanol–water partition coefficient (Wildman–Crippen LogP) is 4.89. The van der Waals surface area contributed by atoms with Gasteiger partial charge in [-0.15, -0.1) is 0 Å². The maximum Gasteiger partial charge on any atom is 0.317 e. The Labute approximate surface area is 153 Å². The van der Waals surface area contributed by atoms with Gasteiger partial charge in [0.15, 0.2) is 0 Å². The number of esters is 1. The number of ketones is 1. The van der Waals surface area contributed by atoms with Crippen LogP contribution in [0.3, 0.4) is 0 Å². The Kier molecular flexibility index (Phi) is 5.47. The molecule has 2 unspecified atom stereocenters. The minimum atomic E-state index is -0.806. The molecule has 0 spiro atoms. The van der Waals surface area contributed by atoms with Gasteiger partial charge in [-0.3, -0.25) is 9.59 Å². The Balaban J connectivity index is 1.79. The van der Waals surface area contributed by atoms with E-state index in [1.807, 2.05) is 79.7 Å². The van der Waals surface area contributed by atoms with Crippen LogP contribution in [0.25, 0.3) is 10.8 Å². The topological polar surface area (TPSA) is 43.4 Å². The minimum Gasteiger partial charge on any atom is -0.460 e. The Hall–Kier alpha value is -2.94. The summed E-state index contributed by atoms with van der Waals surface area (Å²) < 4.78 is 5.42. The number of ether oxygens (including phenoxy) is 1. The highest BCUT2D eigenvalue weighted by Gasteiger charge is 2.32. The SMILES string of the molecule is CC(=O)C(C(=O)OCc1ccccc1)C(C)c1ccc2ccccc2c1. The largest absolute Gasteiger partial charge is 0.460 e. The van der Waals surface area contributed by atoms with E-state index in [2.05, 4.69) is 0 Å². The zero-order valence-electron chi connectivity index (χ0n) is 15.0. The fraction of sp³-hybridized carbons (Fsp3) is 0.217. The number of rotatable bonds is 6. The summed E-state index contributed by atoms with van der Waals surface area (Å²) in [6, 6.07) is 23.6. The lowest BCUT2D eigenvalue weighted by Gasteiger charge is -2.21. The maximum atomic E-state index is 12.6. The van der Waals surface area contributed by atoms with Crippen molar-refractivity contribution < 1.29 is 14.3 Å². The molecule has 3 aromatic carbocycles. The van der Waals surface area contributed by atoms with Gasteiger partial charge < -0.3 is 4.74 Å². The van der Waals surface area contributed by atoms with Crippen molar-refractivity contribution in [3.05, 3.63) is 83.9 Å². The zero-order valence-corrected chi connectivity index (χ0v) is 15.0. The minimum absolute atomic E-state index is 0.174. The van der Waals surface area contributed by atoms with Crippen molar-refractivity contribution in [2.24, 2.45) is 5.92 Å². The number of fused-ring (bicyclic) bond motifs is 1. The van der Waals surface area contributed by atoms with Crippen LogP contribution in [0.15, 0.2) is 72.8 Å². The third kappa shape index (κ3) is 3.99. The van der Waals surface area contributed by atoms with Gasteiger partial charge in [-0.25, -0.2) is 0 Å². The summed E-state index contributed by atoms with van der Waals surface area (Å²) in [7, 11) is 0. The van der Waals surface area contributed by atoms with Crippen molar-refractivity contribution in [1.29, 1.82) is 0 Å². The van der Waals surface area contributed by atoms with E-state index in [-0.39, 0.29) is 18.3 Å². The molecular formula is C23H22O3. The van der Waals surface area contributed by atoms with Crippen LogP contribution in [0.4, 0.5) is 0 Å². The summed E-state index contributed by atoms with van der Waals surface area (Å²) in [6.07, 6.45) is 0. The molecule has 0 heterocycles. The number of carbonyl (C=O) groups excluding carboxylic acids is 2. The first-order chi connectivity index (χ1) is 12.6. The van der Waals surface area contributed by atoms with Gasteiger partial charge in [-0.05, 0) is 28.8 Å². The molecule has 0 aliphatic carbocycles. The second-order valence-corrected chi connectivity index (χ2v) is 6.58. The van der Waals surface area contributed by atoms with Gasteiger partial charge in [-0.1, -0.05) is 79.7 Å². The molecule has 3 rings (SSSR count). The van der Waals surface area contributed by atoms with E-state index in [1.54, 1.807) is 0 Å². The van der Waals surface area contributed by atoms with Crippen LogP contribution in [0.2, 0.25) is 0 Å². The van der Waals surface area contributed by atoms with E-state index in [1.165, 1.54) is 6.92 Å². The lowest BCUT2D eigenvalue weighted by atomic mass is 9.84.